The molecule has 1 aromatic heterocycles. The number of nitrogen functional groups attached to an aromatic ring is 1. The Hall–Kier alpha value is -2.24. The van der Waals surface area contributed by atoms with Crippen LogP contribution in [0.15, 0.2) is 17.1 Å². The lowest BCUT2D eigenvalue weighted by molar-refractivity contribution is -0.128. The van der Waals surface area contributed by atoms with Crippen LogP contribution in [0.25, 0.3) is 0 Å². The zero-order valence-electron chi connectivity index (χ0n) is 16.4. The van der Waals surface area contributed by atoms with Gasteiger partial charge in [-0.15, -0.1) is 0 Å². The van der Waals surface area contributed by atoms with Gasteiger partial charge < -0.3 is 29.4 Å². The number of carbonyl (C=O) groups is 1. The maximum absolute atomic E-state index is 10.9. The van der Waals surface area contributed by atoms with Gasteiger partial charge in [0.2, 0.25) is 0 Å². The minimum Gasteiger partial charge on any atom is -0.432 e. The van der Waals surface area contributed by atoms with Crippen molar-refractivity contribution in [1.29, 1.82) is 0 Å². The second-order valence-corrected chi connectivity index (χ2v) is 4.55. The van der Waals surface area contributed by atoms with Crippen molar-refractivity contribution in [3.05, 3.63) is 22.7 Å². The van der Waals surface area contributed by atoms with Crippen molar-refractivity contribution < 1.29 is 32.9 Å². The second-order valence-electron chi connectivity index (χ2n) is 4.55. The fraction of sp³-hybridized carbons (Fsp3) is 0.688. The van der Waals surface area contributed by atoms with Crippen LogP contribution in [0.4, 0.5) is 15.0 Å². The summed E-state index contributed by atoms with van der Waals surface area (Å²) in [6, 6.07) is 1.52. The van der Waals surface area contributed by atoms with Crippen LogP contribution in [0, 0.1) is 0 Å². The molecule has 0 radical (unpaired) electrons. The van der Waals surface area contributed by atoms with Crippen molar-refractivity contribution in [1.82, 2.24) is 9.97 Å². The molecule has 0 aliphatic carbocycles. The van der Waals surface area contributed by atoms with Gasteiger partial charge in [-0.1, -0.05) is 13.8 Å². The van der Waals surface area contributed by atoms with E-state index in [1.54, 1.807) is 13.8 Å². The van der Waals surface area contributed by atoms with Gasteiger partial charge in [-0.3, -0.25) is 9.37 Å². The fourth-order valence-electron chi connectivity index (χ4n) is 1.35. The largest absolute Gasteiger partial charge is 0.510 e. The molecule has 11 heteroatoms. The molecule has 2 heterocycles. The van der Waals surface area contributed by atoms with Crippen LogP contribution in [-0.4, -0.2) is 62.3 Å². The standard InChI is InChI=1S/C9H16O6.C4H5N3O.C2H6.CH3F/c1-7(2)15-9(10)14-6-11-5-8-12-3-4-13-8;5-3-1-2-6-4(8)7-3;2*1-2/h7-8H,3-6H2,1-2H3;1-2H,(H3,5,6,7,8);1-2H3;1H3. The zero-order valence-corrected chi connectivity index (χ0v) is 16.4. The monoisotopic (exact) mass is 395 g/mol. The number of ether oxygens (including phenoxy) is 5. The van der Waals surface area contributed by atoms with E-state index in [2.05, 4.69) is 14.7 Å². The molecule has 2 rings (SSSR count). The average molecular weight is 395 g/mol. The fourth-order valence-corrected chi connectivity index (χ4v) is 1.35. The van der Waals surface area contributed by atoms with Crippen molar-refractivity contribution in [2.45, 2.75) is 40.1 Å². The SMILES string of the molecule is CC.CC(C)OC(=O)OCOCC1OCCO1.CF.Nc1ccnc(=O)[nH]1. The minimum absolute atomic E-state index is 0.158. The van der Waals surface area contributed by atoms with E-state index in [-0.39, 0.29) is 25.8 Å². The molecule has 0 atom stereocenters. The summed E-state index contributed by atoms with van der Waals surface area (Å²) < 4.78 is 34.0. The van der Waals surface area contributed by atoms with Crippen molar-refractivity contribution in [2.75, 3.05) is 39.5 Å². The molecule has 10 nitrogen and oxygen atoms in total. The molecule has 1 aromatic rings. The number of nitrogens with zero attached hydrogens (tertiary/aromatic N) is 1. The Balaban J connectivity index is 0. The lowest BCUT2D eigenvalue weighted by Crippen LogP contribution is -2.20. The van der Waals surface area contributed by atoms with Crippen LogP contribution in [0.1, 0.15) is 27.7 Å². The summed E-state index contributed by atoms with van der Waals surface area (Å²) in [6.07, 6.45) is 0.0701. The molecule has 3 N–H and O–H groups in total. The predicted octanol–water partition coefficient (Wildman–Crippen LogP) is 1.86. The molecule has 1 aliphatic rings. The second kappa shape index (κ2) is 18.5. The summed E-state index contributed by atoms with van der Waals surface area (Å²) in [6.45, 7) is 8.71. The van der Waals surface area contributed by atoms with E-state index in [0.717, 1.165) is 0 Å². The van der Waals surface area contributed by atoms with Crippen LogP contribution >= 0.6 is 0 Å². The summed E-state index contributed by atoms with van der Waals surface area (Å²) in [5.74, 6) is 0.338. The first-order valence-corrected chi connectivity index (χ1v) is 8.30. The highest BCUT2D eigenvalue weighted by molar-refractivity contribution is 5.59. The van der Waals surface area contributed by atoms with Crippen molar-refractivity contribution in [3.8, 4) is 0 Å². The summed E-state index contributed by atoms with van der Waals surface area (Å²) in [5, 5.41) is 0. The third-order valence-corrected chi connectivity index (χ3v) is 2.23. The van der Waals surface area contributed by atoms with Crippen LogP contribution in [0.2, 0.25) is 0 Å². The van der Waals surface area contributed by atoms with Gasteiger partial charge in [0, 0.05) is 6.20 Å². The number of anilines is 1. The van der Waals surface area contributed by atoms with Gasteiger partial charge in [0.1, 0.15) is 12.4 Å². The van der Waals surface area contributed by atoms with Gasteiger partial charge in [-0.2, -0.15) is 0 Å². The molecule has 0 saturated carbocycles. The van der Waals surface area contributed by atoms with Crippen LogP contribution in [0.3, 0.4) is 0 Å². The third-order valence-electron chi connectivity index (χ3n) is 2.23. The van der Waals surface area contributed by atoms with Crippen LogP contribution < -0.4 is 11.4 Å². The van der Waals surface area contributed by atoms with Crippen molar-refractivity contribution >= 4 is 12.0 Å². The summed E-state index contributed by atoms with van der Waals surface area (Å²) in [5.41, 5.74) is 4.75. The van der Waals surface area contributed by atoms with Crippen molar-refractivity contribution in [3.63, 3.8) is 0 Å². The lowest BCUT2D eigenvalue weighted by atomic mass is 10.5. The van der Waals surface area contributed by atoms with E-state index in [1.807, 2.05) is 13.8 Å². The topological polar surface area (TPSA) is 135 Å². The maximum Gasteiger partial charge on any atom is 0.510 e. The quantitative estimate of drug-likeness (QED) is 0.435. The van der Waals surface area contributed by atoms with Gasteiger partial charge in [0.25, 0.3) is 0 Å². The normalized spacial score (nSPS) is 12.6. The van der Waals surface area contributed by atoms with Gasteiger partial charge in [-0.05, 0) is 19.9 Å². The number of aromatic nitrogens is 2. The average Bonchev–Trinajstić information content (AvgIpc) is 3.15. The zero-order chi connectivity index (χ0) is 21.1. The molecule has 158 valence electrons. The Morgan fingerprint density at radius 2 is 1.96 bits per heavy atom. The number of carbonyl (C=O) groups excluding carboxylic acids is 1. The highest BCUT2D eigenvalue weighted by Gasteiger charge is 2.16. The van der Waals surface area contributed by atoms with Gasteiger partial charge in [0.15, 0.2) is 13.1 Å². The molecule has 0 unspecified atom stereocenters. The maximum atomic E-state index is 10.9. The number of hydrogen-bond donors (Lipinski definition) is 2. The number of H-pyrrole nitrogens is 1. The van der Waals surface area contributed by atoms with Crippen molar-refractivity contribution in [2.24, 2.45) is 0 Å². The molecular formula is C16H30FN3O7. The number of aromatic amines is 1. The molecule has 1 aliphatic heterocycles. The van der Waals surface area contributed by atoms with E-state index >= 15 is 0 Å². The van der Waals surface area contributed by atoms with Gasteiger partial charge in [-0.25, -0.2) is 14.6 Å². The van der Waals surface area contributed by atoms with E-state index in [4.69, 9.17) is 24.7 Å². The number of rotatable bonds is 5. The lowest BCUT2D eigenvalue weighted by Gasteiger charge is -2.11. The molecule has 0 spiro atoms. The number of alkyl halides is 1. The molecular weight excluding hydrogens is 365 g/mol. The first-order valence-electron chi connectivity index (χ1n) is 8.30. The molecule has 1 fully saturated rings. The summed E-state index contributed by atoms with van der Waals surface area (Å²) >= 11 is 0. The molecule has 0 amide bonds. The minimum atomic E-state index is -0.738. The van der Waals surface area contributed by atoms with E-state index < -0.39 is 11.8 Å². The van der Waals surface area contributed by atoms with Crippen LogP contribution in [-0.2, 0) is 23.7 Å². The number of nitrogens with one attached hydrogen (secondary N) is 1. The van der Waals surface area contributed by atoms with Gasteiger partial charge in [0.05, 0.1) is 26.5 Å². The number of nitrogens with two attached hydrogens (primary N) is 1. The molecule has 0 aromatic carbocycles. The van der Waals surface area contributed by atoms with E-state index in [9.17, 15) is 14.0 Å². The van der Waals surface area contributed by atoms with Crippen LogP contribution in [0.5, 0.6) is 0 Å². The highest BCUT2D eigenvalue weighted by atomic mass is 19.1. The highest BCUT2D eigenvalue weighted by Crippen LogP contribution is 2.03. The first-order chi connectivity index (χ1) is 13.0. The number of hydrogen-bond acceptors (Lipinski definition) is 9. The predicted molar refractivity (Wildman–Crippen MR) is 96.9 cm³/mol. The number of halogens is 1. The Morgan fingerprint density at radius 3 is 2.41 bits per heavy atom. The Morgan fingerprint density at radius 1 is 1.37 bits per heavy atom. The van der Waals surface area contributed by atoms with E-state index in [1.165, 1.54) is 12.3 Å². The summed E-state index contributed by atoms with van der Waals surface area (Å²) in [4.78, 5) is 26.7. The Labute approximate surface area is 158 Å². The van der Waals surface area contributed by atoms with E-state index in [0.29, 0.717) is 26.2 Å². The molecule has 1 saturated heterocycles. The Kier molecular flexibility index (Phi) is 18.5. The first kappa shape index (κ1) is 27.0. The summed E-state index contributed by atoms with van der Waals surface area (Å²) in [7, 11) is 0.500. The molecule has 0 bridgehead atoms. The molecule has 27 heavy (non-hydrogen) atoms. The Bertz CT molecular complexity index is 523. The third kappa shape index (κ3) is 17.0. The van der Waals surface area contributed by atoms with Gasteiger partial charge >= 0.3 is 11.8 Å². The smallest absolute Gasteiger partial charge is 0.432 e.